The van der Waals surface area contributed by atoms with E-state index < -0.39 is 0 Å². The Morgan fingerprint density at radius 3 is 2.48 bits per heavy atom. The molecule has 0 aliphatic heterocycles. The molecule has 2 aromatic carbocycles. The summed E-state index contributed by atoms with van der Waals surface area (Å²) in [7, 11) is 1.62. The van der Waals surface area contributed by atoms with E-state index in [1.54, 1.807) is 7.11 Å². The number of fused-ring (bicyclic) bond motifs is 1. The maximum atomic E-state index is 12.6. The minimum atomic E-state index is -0.188. The van der Waals surface area contributed by atoms with E-state index >= 15 is 0 Å². The quantitative estimate of drug-likeness (QED) is 0.758. The zero-order valence-electron chi connectivity index (χ0n) is 14.5. The Balaban J connectivity index is 1.84. The molecule has 0 saturated heterocycles. The van der Waals surface area contributed by atoms with Crippen molar-refractivity contribution >= 4 is 22.5 Å². The molecule has 128 valence electrons. The number of carbonyl (C=O) groups excluding carboxylic acids is 1. The predicted octanol–water partition coefficient (Wildman–Crippen LogP) is 4.20. The van der Waals surface area contributed by atoms with Gasteiger partial charge in [0.05, 0.1) is 30.5 Å². The van der Waals surface area contributed by atoms with Crippen LogP contribution >= 0.6 is 0 Å². The van der Waals surface area contributed by atoms with Crippen LogP contribution in [0.3, 0.4) is 0 Å². The van der Waals surface area contributed by atoms with Crippen molar-refractivity contribution in [2.75, 3.05) is 19.0 Å². The highest BCUT2D eigenvalue weighted by molar-refractivity contribution is 6.06. The van der Waals surface area contributed by atoms with E-state index in [0.717, 1.165) is 22.4 Å². The zero-order chi connectivity index (χ0) is 17.8. The highest BCUT2D eigenvalue weighted by atomic mass is 16.5. The Bertz CT molecular complexity index is 905. The third kappa shape index (κ3) is 3.71. The van der Waals surface area contributed by atoms with Crippen molar-refractivity contribution in [3.8, 4) is 11.5 Å². The summed E-state index contributed by atoms with van der Waals surface area (Å²) in [6.45, 7) is 4.37. The summed E-state index contributed by atoms with van der Waals surface area (Å²) in [5.41, 5.74) is 2.73. The molecule has 1 aromatic heterocycles. The van der Waals surface area contributed by atoms with Crippen LogP contribution in [0.4, 0.5) is 5.69 Å². The summed E-state index contributed by atoms with van der Waals surface area (Å²) < 4.78 is 10.6. The van der Waals surface area contributed by atoms with Gasteiger partial charge in [0.1, 0.15) is 11.5 Å². The van der Waals surface area contributed by atoms with Gasteiger partial charge >= 0.3 is 0 Å². The van der Waals surface area contributed by atoms with Crippen molar-refractivity contribution < 1.29 is 14.3 Å². The smallest absolute Gasteiger partial charge is 0.257 e. The minimum Gasteiger partial charge on any atom is -0.497 e. The number of hydrogen-bond donors (Lipinski definition) is 1. The molecule has 25 heavy (non-hydrogen) atoms. The van der Waals surface area contributed by atoms with Gasteiger partial charge in [0.15, 0.2) is 0 Å². The van der Waals surface area contributed by atoms with Crippen LogP contribution < -0.4 is 14.8 Å². The van der Waals surface area contributed by atoms with E-state index in [1.807, 2.05) is 62.4 Å². The number of rotatable bonds is 5. The maximum Gasteiger partial charge on any atom is 0.257 e. The molecule has 0 fully saturated rings. The molecule has 1 amide bonds. The molecule has 3 aromatic rings. The topological polar surface area (TPSA) is 60.5 Å². The number of ether oxygens (including phenoxy) is 2. The molecule has 5 nitrogen and oxygen atoms in total. The lowest BCUT2D eigenvalue weighted by atomic mass is 10.1. The molecule has 1 N–H and O–H groups in total. The first-order chi connectivity index (χ1) is 12.1. The second-order valence-electron chi connectivity index (χ2n) is 5.59. The molecule has 1 heterocycles. The van der Waals surface area contributed by atoms with Crippen LogP contribution in [-0.2, 0) is 0 Å². The first kappa shape index (κ1) is 16.8. The lowest BCUT2D eigenvalue weighted by Crippen LogP contribution is -2.14. The largest absolute Gasteiger partial charge is 0.497 e. The lowest BCUT2D eigenvalue weighted by Gasteiger charge is -2.10. The predicted molar refractivity (Wildman–Crippen MR) is 98.6 cm³/mol. The van der Waals surface area contributed by atoms with Gasteiger partial charge in [-0.15, -0.1) is 0 Å². The minimum absolute atomic E-state index is 0.188. The molecule has 5 heteroatoms. The molecule has 0 unspecified atom stereocenters. The number of nitrogens with one attached hydrogen (secondary N) is 1. The first-order valence-corrected chi connectivity index (χ1v) is 8.10. The van der Waals surface area contributed by atoms with E-state index in [0.29, 0.717) is 23.6 Å². The number of nitrogens with zero attached hydrogens (tertiary/aromatic N) is 1. The van der Waals surface area contributed by atoms with Crippen molar-refractivity contribution in [3.63, 3.8) is 0 Å². The number of carbonyl (C=O) groups is 1. The maximum absolute atomic E-state index is 12.6. The van der Waals surface area contributed by atoms with Gasteiger partial charge < -0.3 is 14.8 Å². The average molecular weight is 336 g/mol. The van der Waals surface area contributed by atoms with Gasteiger partial charge in [-0.3, -0.25) is 9.78 Å². The number of benzene rings is 2. The van der Waals surface area contributed by atoms with Crippen LogP contribution in [0.5, 0.6) is 11.5 Å². The van der Waals surface area contributed by atoms with Gasteiger partial charge in [-0.25, -0.2) is 0 Å². The van der Waals surface area contributed by atoms with Gasteiger partial charge in [0, 0.05) is 17.1 Å². The van der Waals surface area contributed by atoms with Crippen LogP contribution in [0.2, 0.25) is 0 Å². The Morgan fingerprint density at radius 1 is 1.08 bits per heavy atom. The molecule has 0 bridgehead atoms. The molecule has 0 aliphatic carbocycles. The molecule has 0 spiro atoms. The van der Waals surface area contributed by atoms with E-state index in [4.69, 9.17) is 9.47 Å². The molecular weight excluding hydrogens is 316 g/mol. The number of amides is 1. The number of anilines is 1. The van der Waals surface area contributed by atoms with Crippen LogP contribution in [-0.4, -0.2) is 24.6 Å². The molecule has 0 saturated carbocycles. The molecule has 0 radical (unpaired) electrons. The van der Waals surface area contributed by atoms with Crippen LogP contribution in [0, 0.1) is 6.92 Å². The lowest BCUT2D eigenvalue weighted by molar-refractivity contribution is 0.102. The third-order valence-corrected chi connectivity index (χ3v) is 3.88. The van der Waals surface area contributed by atoms with Crippen LogP contribution in [0.15, 0.2) is 48.5 Å². The fraction of sp³-hybridized carbons (Fsp3) is 0.200. The standard InChI is InChI=1S/C20H20N2O3/c1-4-25-16-9-6-15(7-10-16)22-20(23)18-11-14-5-8-17(24-3)12-19(14)21-13(18)2/h5-12H,4H2,1-3H3,(H,22,23). The summed E-state index contributed by atoms with van der Waals surface area (Å²) >= 11 is 0. The van der Waals surface area contributed by atoms with E-state index in [2.05, 4.69) is 10.3 Å². The number of methoxy groups -OCH3 is 1. The summed E-state index contributed by atoms with van der Waals surface area (Å²) in [5, 5.41) is 3.79. The van der Waals surface area contributed by atoms with Gasteiger partial charge in [-0.05, 0) is 56.3 Å². The van der Waals surface area contributed by atoms with Gasteiger partial charge in [0.2, 0.25) is 0 Å². The van der Waals surface area contributed by atoms with E-state index in [-0.39, 0.29) is 5.91 Å². The summed E-state index contributed by atoms with van der Waals surface area (Å²) in [4.78, 5) is 17.1. The average Bonchev–Trinajstić information content (AvgIpc) is 2.62. The highest BCUT2D eigenvalue weighted by Crippen LogP contribution is 2.23. The van der Waals surface area contributed by atoms with E-state index in [1.165, 1.54) is 0 Å². The summed E-state index contributed by atoms with van der Waals surface area (Å²) in [6.07, 6.45) is 0. The van der Waals surface area contributed by atoms with Crippen molar-refractivity contribution in [1.82, 2.24) is 4.98 Å². The summed E-state index contributed by atoms with van der Waals surface area (Å²) in [5.74, 6) is 1.33. The number of pyridine rings is 1. The van der Waals surface area contributed by atoms with Crippen molar-refractivity contribution in [2.24, 2.45) is 0 Å². The van der Waals surface area contributed by atoms with E-state index in [9.17, 15) is 4.79 Å². The third-order valence-electron chi connectivity index (χ3n) is 3.88. The van der Waals surface area contributed by atoms with Crippen molar-refractivity contribution in [3.05, 3.63) is 59.8 Å². The number of hydrogen-bond acceptors (Lipinski definition) is 4. The van der Waals surface area contributed by atoms with Gasteiger partial charge in [-0.1, -0.05) is 0 Å². The molecule has 3 rings (SSSR count). The number of aryl methyl sites for hydroxylation is 1. The number of aromatic nitrogens is 1. The first-order valence-electron chi connectivity index (χ1n) is 8.10. The Labute approximate surface area is 146 Å². The monoisotopic (exact) mass is 336 g/mol. The Hall–Kier alpha value is -3.08. The molecular formula is C20H20N2O3. The van der Waals surface area contributed by atoms with Gasteiger partial charge in [0.25, 0.3) is 5.91 Å². The Morgan fingerprint density at radius 2 is 1.80 bits per heavy atom. The molecule has 0 aliphatic rings. The molecule has 0 atom stereocenters. The highest BCUT2D eigenvalue weighted by Gasteiger charge is 2.12. The Kier molecular flexibility index (Phi) is 4.84. The second-order valence-corrected chi connectivity index (χ2v) is 5.59. The van der Waals surface area contributed by atoms with Crippen LogP contribution in [0.1, 0.15) is 23.0 Å². The summed E-state index contributed by atoms with van der Waals surface area (Å²) in [6, 6.07) is 14.8. The van der Waals surface area contributed by atoms with Gasteiger partial charge in [-0.2, -0.15) is 0 Å². The van der Waals surface area contributed by atoms with Crippen LogP contribution in [0.25, 0.3) is 10.9 Å². The van der Waals surface area contributed by atoms with Crippen molar-refractivity contribution in [1.29, 1.82) is 0 Å². The fourth-order valence-electron chi connectivity index (χ4n) is 2.60. The normalized spacial score (nSPS) is 10.5. The SMILES string of the molecule is CCOc1ccc(NC(=O)c2cc3ccc(OC)cc3nc2C)cc1. The zero-order valence-corrected chi connectivity index (χ0v) is 14.5. The van der Waals surface area contributed by atoms with Crippen molar-refractivity contribution in [2.45, 2.75) is 13.8 Å². The second kappa shape index (κ2) is 7.21. The fourth-order valence-corrected chi connectivity index (χ4v) is 2.60.